The minimum Gasteiger partial charge on any atom is -0.497 e. The van der Waals surface area contributed by atoms with E-state index in [1.807, 2.05) is 60.7 Å². The van der Waals surface area contributed by atoms with E-state index in [-0.39, 0.29) is 12.7 Å². The van der Waals surface area contributed by atoms with Crippen molar-refractivity contribution in [2.45, 2.75) is 24.1 Å². The standard InChI is InChI=1S/C33H35N5O5S/c1-40-20-26-18-31(38-15-13-37(14-16-38)27-8-10-28(41-2)11-9-27)36-33(35-26)44-21-23-3-6-25(7-4-23)32(39)34-19-24-5-12-29-30(17-24)43-22-42-29/h3-12,17-18H,13-16,19-22H2,1-2H3,(H,34,39). The Morgan fingerprint density at radius 3 is 2.34 bits per heavy atom. The van der Waals surface area contributed by atoms with Gasteiger partial charge < -0.3 is 34.1 Å². The molecule has 4 aromatic rings. The van der Waals surface area contributed by atoms with Crippen LogP contribution in [0.4, 0.5) is 11.5 Å². The van der Waals surface area contributed by atoms with Gasteiger partial charge >= 0.3 is 0 Å². The molecular weight excluding hydrogens is 578 g/mol. The second-order valence-electron chi connectivity index (χ2n) is 10.5. The summed E-state index contributed by atoms with van der Waals surface area (Å²) in [6.07, 6.45) is 0. The Morgan fingerprint density at radius 2 is 1.59 bits per heavy atom. The van der Waals surface area contributed by atoms with E-state index < -0.39 is 0 Å². The van der Waals surface area contributed by atoms with Gasteiger partial charge in [0, 0.05) is 62.9 Å². The zero-order chi connectivity index (χ0) is 30.3. The number of methoxy groups -OCH3 is 2. The first-order chi connectivity index (χ1) is 21.6. The summed E-state index contributed by atoms with van der Waals surface area (Å²) in [5, 5.41) is 3.68. The van der Waals surface area contributed by atoms with E-state index in [2.05, 4.69) is 27.2 Å². The first kappa shape index (κ1) is 29.6. The number of benzene rings is 3. The van der Waals surface area contributed by atoms with Gasteiger partial charge in [-0.05, 0) is 59.7 Å². The third-order valence-electron chi connectivity index (χ3n) is 7.55. The van der Waals surface area contributed by atoms with Gasteiger partial charge in [0.05, 0.1) is 19.4 Å². The number of ether oxygens (including phenoxy) is 4. The molecular formula is C33H35N5O5S. The number of amides is 1. The molecule has 2 aliphatic heterocycles. The lowest BCUT2D eigenvalue weighted by Crippen LogP contribution is -2.46. The van der Waals surface area contributed by atoms with Gasteiger partial charge in [-0.15, -0.1) is 0 Å². The second kappa shape index (κ2) is 13.9. The molecule has 0 saturated carbocycles. The highest BCUT2D eigenvalue weighted by atomic mass is 32.2. The highest BCUT2D eigenvalue weighted by Crippen LogP contribution is 2.32. The summed E-state index contributed by atoms with van der Waals surface area (Å²) in [4.78, 5) is 27.1. The zero-order valence-corrected chi connectivity index (χ0v) is 25.6. The second-order valence-corrected chi connectivity index (χ2v) is 11.4. The Kier molecular flexibility index (Phi) is 9.33. The van der Waals surface area contributed by atoms with Crippen LogP contribution in [0.15, 0.2) is 78.0 Å². The highest BCUT2D eigenvalue weighted by Gasteiger charge is 2.20. The number of carbonyl (C=O) groups excluding carboxylic acids is 1. The van der Waals surface area contributed by atoms with Crippen LogP contribution in [-0.2, 0) is 23.6 Å². The number of hydrogen-bond acceptors (Lipinski definition) is 10. The quantitative estimate of drug-likeness (QED) is 0.186. The summed E-state index contributed by atoms with van der Waals surface area (Å²) in [7, 11) is 3.36. The van der Waals surface area contributed by atoms with Crippen LogP contribution in [0.3, 0.4) is 0 Å². The van der Waals surface area contributed by atoms with Crippen LogP contribution < -0.4 is 29.3 Å². The summed E-state index contributed by atoms with van der Waals surface area (Å²) in [5.74, 6) is 3.76. The minimum atomic E-state index is -0.130. The number of thioether (sulfide) groups is 1. The van der Waals surface area contributed by atoms with E-state index in [0.717, 1.165) is 60.3 Å². The molecule has 1 aromatic heterocycles. The third kappa shape index (κ3) is 7.17. The molecule has 44 heavy (non-hydrogen) atoms. The molecule has 0 spiro atoms. The molecule has 3 heterocycles. The molecule has 10 nitrogen and oxygen atoms in total. The number of hydrogen-bond donors (Lipinski definition) is 1. The predicted octanol–water partition coefficient (Wildman–Crippen LogP) is 4.91. The van der Waals surface area contributed by atoms with Crippen molar-refractivity contribution < 1.29 is 23.7 Å². The van der Waals surface area contributed by atoms with Crippen LogP contribution in [0, 0.1) is 0 Å². The summed E-state index contributed by atoms with van der Waals surface area (Å²) in [5.41, 5.74) is 4.68. The zero-order valence-electron chi connectivity index (χ0n) is 24.8. The van der Waals surface area contributed by atoms with Crippen molar-refractivity contribution in [2.75, 3.05) is 57.0 Å². The van der Waals surface area contributed by atoms with Crippen LogP contribution in [0.1, 0.15) is 27.2 Å². The van der Waals surface area contributed by atoms with Crippen molar-refractivity contribution in [1.29, 1.82) is 0 Å². The maximum Gasteiger partial charge on any atom is 0.251 e. The summed E-state index contributed by atoms with van der Waals surface area (Å²) < 4.78 is 21.5. The Morgan fingerprint density at radius 1 is 0.864 bits per heavy atom. The van der Waals surface area contributed by atoms with E-state index in [0.29, 0.717) is 35.4 Å². The Bertz CT molecular complexity index is 1580. The van der Waals surface area contributed by atoms with Gasteiger partial charge in [0.25, 0.3) is 5.91 Å². The molecule has 1 N–H and O–H groups in total. The molecule has 11 heteroatoms. The van der Waals surface area contributed by atoms with Crippen LogP contribution >= 0.6 is 11.8 Å². The summed E-state index contributed by atoms with van der Waals surface area (Å²) in [6.45, 7) is 4.57. The Hall–Kier alpha value is -4.48. The topological polar surface area (TPSA) is 98.3 Å². The minimum absolute atomic E-state index is 0.130. The van der Waals surface area contributed by atoms with Crippen molar-refractivity contribution in [3.63, 3.8) is 0 Å². The van der Waals surface area contributed by atoms with Crippen molar-refractivity contribution in [2.24, 2.45) is 0 Å². The molecule has 0 aliphatic carbocycles. The molecule has 0 atom stereocenters. The predicted molar refractivity (Wildman–Crippen MR) is 170 cm³/mol. The van der Waals surface area contributed by atoms with Crippen LogP contribution in [0.25, 0.3) is 0 Å². The fourth-order valence-corrected chi connectivity index (χ4v) is 5.96. The molecule has 1 fully saturated rings. The molecule has 1 amide bonds. The number of anilines is 2. The van der Waals surface area contributed by atoms with Gasteiger partial charge in [-0.1, -0.05) is 30.0 Å². The van der Waals surface area contributed by atoms with Crippen molar-refractivity contribution in [1.82, 2.24) is 15.3 Å². The van der Waals surface area contributed by atoms with Crippen molar-refractivity contribution in [3.05, 3.63) is 95.2 Å². The van der Waals surface area contributed by atoms with Gasteiger partial charge in [0.1, 0.15) is 11.6 Å². The number of piperazine rings is 1. The number of rotatable bonds is 11. The molecule has 1 saturated heterocycles. The van der Waals surface area contributed by atoms with Crippen LogP contribution in [0.2, 0.25) is 0 Å². The summed E-state index contributed by atoms with van der Waals surface area (Å²) in [6, 6.07) is 23.5. The lowest BCUT2D eigenvalue weighted by molar-refractivity contribution is 0.0951. The molecule has 3 aromatic carbocycles. The van der Waals surface area contributed by atoms with E-state index in [1.54, 1.807) is 26.0 Å². The fourth-order valence-electron chi connectivity index (χ4n) is 5.13. The molecule has 6 rings (SSSR count). The lowest BCUT2D eigenvalue weighted by atomic mass is 10.1. The number of aromatic nitrogens is 2. The monoisotopic (exact) mass is 613 g/mol. The van der Waals surface area contributed by atoms with E-state index in [9.17, 15) is 4.79 Å². The van der Waals surface area contributed by atoms with E-state index in [4.69, 9.17) is 28.9 Å². The van der Waals surface area contributed by atoms with Crippen molar-refractivity contribution >= 4 is 29.2 Å². The number of fused-ring (bicyclic) bond motifs is 1. The van der Waals surface area contributed by atoms with Gasteiger partial charge in [-0.3, -0.25) is 4.79 Å². The van der Waals surface area contributed by atoms with Gasteiger partial charge in [-0.2, -0.15) is 0 Å². The maximum absolute atomic E-state index is 12.7. The van der Waals surface area contributed by atoms with Gasteiger partial charge in [0.2, 0.25) is 6.79 Å². The van der Waals surface area contributed by atoms with Crippen LogP contribution in [-0.4, -0.2) is 63.1 Å². The van der Waals surface area contributed by atoms with Gasteiger partial charge in [-0.25, -0.2) is 9.97 Å². The fraction of sp³-hybridized carbons (Fsp3) is 0.303. The highest BCUT2D eigenvalue weighted by molar-refractivity contribution is 7.98. The van der Waals surface area contributed by atoms with Crippen molar-refractivity contribution in [3.8, 4) is 17.2 Å². The molecule has 2 aliphatic rings. The average Bonchev–Trinajstić information content (AvgIpc) is 3.55. The SMILES string of the molecule is COCc1cc(N2CCN(c3ccc(OC)cc3)CC2)nc(SCc2ccc(C(=O)NCc3ccc4c(c3)OCO4)cc2)n1. The smallest absolute Gasteiger partial charge is 0.251 e. The average molecular weight is 614 g/mol. The maximum atomic E-state index is 12.7. The normalized spacial score (nSPS) is 14.0. The molecule has 0 unspecified atom stereocenters. The molecule has 0 bridgehead atoms. The lowest BCUT2D eigenvalue weighted by Gasteiger charge is -2.37. The largest absolute Gasteiger partial charge is 0.497 e. The molecule has 228 valence electrons. The third-order valence-corrected chi connectivity index (χ3v) is 8.47. The first-order valence-corrected chi connectivity index (χ1v) is 15.5. The number of carbonyl (C=O) groups is 1. The van der Waals surface area contributed by atoms with Gasteiger partial charge in [0.15, 0.2) is 16.7 Å². The first-order valence-electron chi connectivity index (χ1n) is 14.5. The van der Waals surface area contributed by atoms with Crippen LogP contribution in [0.5, 0.6) is 17.2 Å². The molecule has 0 radical (unpaired) electrons. The van der Waals surface area contributed by atoms with E-state index in [1.165, 1.54) is 5.69 Å². The Labute approximate surface area is 261 Å². The Balaban J connectivity index is 1.04. The number of nitrogens with one attached hydrogen (secondary N) is 1. The van der Waals surface area contributed by atoms with E-state index >= 15 is 0 Å². The number of nitrogens with zero attached hydrogens (tertiary/aromatic N) is 4. The summed E-state index contributed by atoms with van der Waals surface area (Å²) >= 11 is 1.57.